The molecule has 18 heavy (non-hydrogen) atoms. The summed E-state index contributed by atoms with van der Waals surface area (Å²) in [4.78, 5) is 0. The van der Waals surface area contributed by atoms with Gasteiger partial charge in [-0.05, 0) is 49.0 Å². The fourth-order valence-corrected chi connectivity index (χ4v) is 1.60. The summed E-state index contributed by atoms with van der Waals surface area (Å²) in [6.45, 7) is 11.3. The molecule has 0 aromatic heterocycles. The van der Waals surface area contributed by atoms with Crippen molar-refractivity contribution in [2.45, 2.75) is 34.6 Å². The molecule has 0 aliphatic rings. The third kappa shape index (κ3) is 4.40. The summed E-state index contributed by atoms with van der Waals surface area (Å²) in [5.74, 6) is 0.564. The molecule has 0 bridgehead atoms. The van der Waals surface area contributed by atoms with Crippen LogP contribution in [-0.2, 0) is 4.74 Å². The van der Waals surface area contributed by atoms with Crippen molar-refractivity contribution in [3.8, 4) is 0 Å². The fraction of sp³-hybridized carbons (Fsp3) is 0.412. The van der Waals surface area contributed by atoms with Gasteiger partial charge in [0.15, 0.2) is 0 Å². The standard InChI is InChI=1S/C17H24O/c1-6-14(4)16-7-9-17(10-8-16)15(5)12-18-11-13(2)3/h6-10,12-13H,11H2,1-5H3/b14-6+,15-12+. The Morgan fingerprint density at radius 2 is 1.56 bits per heavy atom. The Labute approximate surface area is 111 Å². The molecule has 0 N–H and O–H groups in total. The Hall–Kier alpha value is -1.50. The lowest BCUT2D eigenvalue weighted by Gasteiger charge is -2.07. The number of rotatable bonds is 5. The highest BCUT2D eigenvalue weighted by Crippen LogP contribution is 2.19. The minimum absolute atomic E-state index is 0.564. The lowest BCUT2D eigenvalue weighted by atomic mass is 10.0. The summed E-state index contributed by atoms with van der Waals surface area (Å²) in [6, 6.07) is 8.61. The van der Waals surface area contributed by atoms with E-state index in [-0.39, 0.29) is 0 Å². The molecule has 0 unspecified atom stereocenters. The predicted molar refractivity (Wildman–Crippen MR) is 80.2 cm³/mol. The van der Waals surface area contributed by atoms with Gasteiger partial charge >= 0.3 is 0 Å². The maximum atomic E-state index is 5.54. The second-order valence-corrected chi connectivity index (χ2v) is 5.08. The number of ether oxygens (including phenoxy) is 1. The minimum Gasteiger partial charge on any atom is -0.501 e. The van der Waals surface area contributed by atoms with Gasteiger partial charge in [0.1, 0.15) is 0 Å². The van der Waals surface area contributed by atoms with Crippen LogP contribution in [0.4, 0.5) is 0 Å². The van der Waals surface area contributed by atoms with E-state index >= 15 is 0 Å². The van der Waals surface area contributed by atoms with Gasteiger partial charge in [0.05, 0.1) is 12.9 Å². The molecule has 0 amide bonds. The van der Waals surface area contributed by atoms with Crippen LogP contribution in [0.2, 0.25) is 0 Å². The third-order valence-electron chi connectivity index (χ3n) is 2.92. The smallest absolute Gasteiger partial charge is 0.0896 e. The Kier molecular flexibility index (Phi) is 5.70. The Morgan fingerprint density at radius 3 is 2.00 bits per heavy atom. The molecule has 98 valence electrons. The number of hydrogen-bond acceptors (Lipinski definition) is 1. The summed E-state index contributed by atoms with van der Waals surface area (Å²) in [6.07, 6.45) is 3.99. The van der Waals surface area contributed by atoms with Gasteiger partial charge in [0.2, 0.25) is 0 Å². The summed E-state index contributed by atoms with van der Waals surface area (Å²) < 4.78 is 5.54. The first-order chi connectivity index (χ1) is 8.54. The Balaban J connectivity index is 2.73. The first-order valence-corrected chi connectivity index (χ1v) is 6.56. The van der Waals surface area contributed by atoms with E-state index in [0.717, 1.165) is 6.61 Å². The second kappa shape index (κ2) is 7.05. The van der Waals surface area contributed by atoms with Gasteiger partial charge in [0, 0.05) is 0 Å². The Bertz CT molecular complexity index is 421. The zero-order chi connectivity index (χ0) is 13.5. The molecule has 1 heteroatoms. The zero-order valence-corrected chi connectivity index (χ0v) is 12.2. The van der Waals surface area contributed by atoms with E-state index in [4.69, 9.17) is 4.74 Å². The van der Waals surface area contributed by atoms with Gasteiger partial charge < -0.3 is 4.74 Å². The molecular weight excluding hydrogens is 220 g/mol. The van der Waals surface area contributed by atoms with Gasteiger partial charge in [-0.1, -0.05) is 44.2 Å². The number of allylic oxidation sites excluding steroid dienone is 3. The maximum absolute atomic E-state index is 5.54. The highest BCUT2D eigenvalue weighted by atomic mass is 16.5. The van der Waals surface area contributed by atoms with Crippen molar-refractivity contribution in [1.29, 1.82) is 0 Å². The van der Waals surface area contributed by atoms with Gasteiger partial charge in [-0.2, -0.15) is 0 Å². The van der Waals surface area contributed by atoms with Crippen molar-refractivity contribution in [3.05, 3.63) is 47.7 Å². The molecule has 0 atom stereocenters. The molecule has 1 rings (SSSR count). The molecule has 1 aromatic rings. The van der Waals surface area contributed by atoms with Gasteiger partial charge in [0.25, 0.3) is 0 Å². The summed E-state index contributed by atoms with van der Waals surface area (Å²) in [7, 11) is 0. The lowest BCUT2D eigenvalue weighted by molar-refractivity contribution is 0.212. The van der Waals surface area contributed by atoms with Gasteiger partial charge in [-0.25, -0.2) is 0 Å². The van der Waals surface area contributed by atoms with Crippen LogP contribution in [-0.4, -0.2) is 6.61 Å². The molecule has 1 aromatic carbocycles. The molecule has 0 radical (unpaired) electrons. The van der Waals surface area contributed by atoms with Crippen LogP contribution in [0.1, 0.15) is 45.7 Å². The first-order valence-electron chi connectivity index (χ1n) is 6.56. The van der Waals surface area contributed by atoms with E-state index in [2.05, 4.69) is 65.0 Å². The van der Waals surface area contributed by atoms with Crippen molar-refractivity contribution in [3.63, 3.8) is 0 Å². The van der Waals surface area contributed by atoms with Crippen LogP contribution in [0, 0.1) is 5.92 Å². The molecule has 0 aliphatic heterocycles. The molecule has 0 fully saturated rings. The highest BCUT2D eigenvalue weighted by molar-refractivity contribution is 5.68. The molecule has 0 spiro atoms. The van der Waals surface area contributed by atoms with Crippen molar-refractivity contribution in [2.75, 3.05) is 6.61 Å². The van der Waals surface area contributed by atoms with Crippen LogP contribution in [0.5, 0.6) is 0 Å². The SMILES string of the molecule is C/C=C(\C)c1ccc(/C(C)=C/OCC(C)C)cc1. The molecule has 1 nitrogen and oxygen atoms in total. The summed E-state index contributed by atoms with van der Waals surface area (Å²) in [5.41, 5.74) is 4.96. The van der Waals surface area contributed by atoms with Crippen LogP contribution in [0.3, 0.4) is 0 Å². The van der Waals surface area contributed by atoms with Crippen LogP contribution in [0.25, 0.3) is 11.1 Å². The number of benzene rings is 1. The average Bonchev–Trinajstić information content (AvgIpc) is 2.37. The van der Waals surface area contributed by atoms with Crippen molar-refractivity contribution >= 4 is 11.1 Å². The van der Waals surface area contributed by atoms with Crippen LogP contribution < -0.4 is 0 Å². The first kappa shape index (κ1) is 14.6. The van der Waals surface area contributed by atoms with Crippen molar-refractivity contribution < 1.29 is 4.74 Å². The van der Waals surface area contributed by atoms with Crippen LogP contribution >= 0.6 is 0 Å². The fourth-order valence-electron chi connectivity index (χ4n) is 1.60. The van der Waals surface area contributed by atoms with E-state index in [1.165, 1.54) is 22.3 Å². The monoisotopic (exact) mass is 244 g/mol. The summed E-state index contributed by atoms with van der Waals surface area (Å²) >= 11 is 0. The lowest BCUT2D eigenvalue weighted by Crippen LogP contribution is -1.97. The zero-order valence-electron chi connectivity index (χ0n) is 12.2. The van der Waals surface area contributed by atoms with Crippen molar-refractivity contribution in [2.24, 2.45) is 5.92 Å². The third-order valence-corrected chi connectivity index (χ3v) is 2.92. The van der Waals surface area contributed by atoms with E-state index < -0.39 is 0 Å². The molecule has 0 saturated heterocycles. The largest absolute Gasteiger partial charge is 0.501 e. The highest BCUT2D eigenvalue weighted by Gasteiger charge is 1.99. The topological polar surface area (TPSA) is 9.23 Å². The Morgan fingerprint density at radius 1 is 1.06 bits per heavy atom. The molecule has 0 heterocycles. The van der Waals surface area contributed by atoms with Gasteiger partial charge in [-0.15, -0.1) is 0 Å². The van der Waals surface area contributed by atoms with E-state index in [0.29, 0.717) is 5.92 Å². The predicted octanol–water partition coefficient (Wildman–Crippen LogP) is 5.14. The van der Waals surface area contributed by atoms with Gasteiger partial charge in [-0.3, -0.25) is 0 Å². The summed E-state index contributed by atoms with van der Waals surface area (Å²) in [5, 5.41) is 0. The number of hydrogen-bond donors (Lipinski definition) is 0. The van der Waals surface area contributed by atoms with E-state index in [9.17, 15) is 0 Å². The van der Waals surface area contributed by atoms with E-state index in [1.807, 2.05) is 6.26 Å². The molecule has 0 saturated carbocycles. The normalized spacial score (nSPS) is 13.0. The van der Waals surface area contributed by atoms with Crippen molar-refractivity contribution in [1.82, 2.24) is 0 Å². The minimum atomic E-state index is 0.564. The average molecular weight is 244 g/mol. The second-order valence-electron chi connectivity index (χ2n) is 5.08. The quantitative estimate of drug-likeness (QED) is 0.651. The maximum Gasteiger partial charge on any atom is 0.0896 e. The van der Waals surface area contributed by atoms with Crippen LogP contribution in [0.15, 0.2) is 36.6 Å². The van der Waals surface area contributed by atoms with E-state index in [1.54, 1.807) is 0 Å². The molecule has 0 aliphatic carbocycles. The molecular formula is C17H24O.